The Balaban J connectivity index is 1.84. The van der Waals surface area contributed by atoms with E-state index in [2.05, 4.69) is 31.6 Å². The lowest BCUT2D eigenvalue weighted by atomic mass is 10.1. The van der Waals surface area contributed by atoms with E-state index in [1.54, 1.807) is 30.2 Å². The van der Waals surface area contributed by atoms with Gasteiger partial charge in [-0.3, -0.25) is 5.10 Å². The van der Waals surface area contributed by atoms with Crippen molar-refractivity contribution in [2.75, 3.05) is 12.5 Å². The summed E-state index contributed by atoms with van der Waals surface area (Å²) < 4.78 is 27.4. The Morgan fingerprint density at radius 2 is 2.04 bits per heavy atom. The number of aromatic nitrogens is 3. The minimum absolute atomic E-state index is 0.282. The average Bonchev–Trinajstić information content (AvgIpc) is 3.05. The molecule has 2 aromatic carbocycles. The van der Waals surface area contributed by atoms with Gasteiger partial charge < -0.3 is 14.9 Å². The van der Waals surface area contributed by atoms with Crippen molar-refractivity contribution in [2.24, 2.45) is 0 Å². The molecule has 3 aromatic rings. The van der Waals surface area contributed by atoms with E-state index in [1.807, 2.05) is 12.1 Å². The van der Waals surface area contributed by atoms with Crippen LogP contribution < -0.4 is 14.9 Å². The van der Waals surface area contributed by atoms with Crippen LogP contribution in [0.4, 0.5) is 4.39 Å². The highest BCUT2D eigenvalue weighted by atomic mass is 79.9. The number of hydrogen-bond donors (Lipinski definition) is 2. The number of aromatic amines is 1. The minimum Gasteiger partial charge on any atom is -0.493 e. The van der Waals surface area contributed by atoms with Gasteiger partial charge in [0.15, 0.2) is 11.5 Å². The second-order valence-electron chi connectivity index (χ2n) is 5.34. The number of ether oxygens (including phenoxy) is 2. The standard InChI is InChI=1S/C17H16BrFN4O2S/c1-24-15-7-6-14(18)13(8-21-23-10-20-22-17(23)26)16(15)25-9-11-2-4-12(19)5-3-11/h2-7,10,21H,8-9H2,1H3,(H,22,26). The third kappa shape index (κ3) is 4.23. The van der Waals surface area contributed by atoms with E-state index >= 15 is 0 Å². The summed E-state index contributed by atoms with van der Waals surface area (Å²) in [4.78, 5) is 0. The molecule has 0 atom stereocenters. The van der Waals surface area contributed by atoms with Gasteiger partial charge in [-0.2, -0.15) is 5.10 Å². The van der Waals surface area contributed by atoms with E-state index in [0.717, 1.165) is 15.6 Å². The van der Waals surface area contributed by atoms with E-state index in [-0.39, 0.29) is 12.4 Å². The lowest BCUT2D eigenvalue weighted by molar-refractivity contribution is 0.281. The van der Waals surface area contributed by atoms with Gasteiger partial charge in [0, 0.05) is 10.0 Å². The van der Waals surface area contributed by atoms with Crippen LogP contribution in [-0.4, -0.2) is 22.0 Å². The Hall–Kier alpha value is -2.39. The molecule has 0 saturated heterocycles. The molecule has 0 aliphatic rings. The molecule has 9 heteroatoms. The zero-order chi connectivity index (χ0) is 18.5. The molecule has 136 valence electrons. The van der Waals surface area contributed by atoms with E-state index < -0.39 is 0 Å². The van der Waals surface area contributed by atoms with Crippen molar-refractivity contribution in [3.8, 4) is 11.5 Å². The summed E-state index contributed by atoms with van der Waals surface area (Å²) in [5, 5.41) is 6.54. The van der Waals surface area contributed by atoms with Crippen molar-refractivity contribution >= 4 is 28.1 Å². The molecule has 1 heterocycles. The number of H-pyrrole nitrogens is 1. The first-order chi connectivity index (χ1) is 12.6. The molecule has 2 N–H and O–H groups in total. The largest absolute Gasteiger partial charge is 0.493 e. The molecule has 0 bridgehead atoms. The number of halogens is 2. The number of rotatable bonds is 7. The van der Waals surface area contributed by atoms with Gasteiger partial charge in [-0.25, -0.2) is 9.07 Å². The molecular formula is C17H16BrFN4O2S. The zero-order valence-electron chi connectivity index (χ0n) is 13.8. The number of hydrogen-bond acceptors (Lipinski definition) is 5. The second kappa shape index (κ2) is 8.33. The molecule has 0 aliphatic carbocycles. The highest BCUT2D eigenvalue weighted by Gasteiger charge is 2.15. The molecule has 0 unspecified atom stereocenters. The Morgan fingerprint density at radius 1 is 1.27 bits per heavy atom. The summed E-state index contributed by atoms with van der Waals surface area (Å²) in [5.74, 6) is 0.909. The highest BCUT2D eigenvalue weighted by Crippen LogP contribution is 2.37. The van der Waals surface area contributed by atoms with Crippen molar-refractivity contribution in [1.29, 1.82) is 0 Å². The minimum atomic E-state index is -0.282. The van der Waals surface area contributed by atoms with Gasteiger partial charge >= 0.3 is 0 Å². The monoisotopic (exact) mass is 438 g/mol. The molecule has 0 fully saturated rings. The third-order valence-corrected chi connectivity index (χ3v) is 4.69. The van der Waals surface area contributed by atoms with E-state index in [0.29, 0.717) is 22.8 Å². The van der Waals surface area contributed by atoms with Crippen LogP contribution in [-0.2, 0) is 13.2 Å². The van der Waals surface area contributed by atoms with Gasteiger partial charge in [-0.1, -0.05) is 28.1 Å². The molecule has 1 aromatic heterocycles. The number of benzene rings is 2. The Kier molecular flexibility index (Phi) is 5.89. The van der Waals surface area contributed by atoms with Crippen molar-refractivity contribution in [3.05, 3.63) is 68.9 Å². The van der Waals surface area contributed by atoms with Gasteiger partial charge in [0.05, 0.1) is 13.7 Å². The predicted octanol–water partition coefficient (Wildman–Crippen LogP) is 4.17. The number of nitrogens with zero attached hydrogens (tertiary/aromatic N) is 2. The van der Waals surface area contributed by atoms with Gasteiger partial charge in [-0.05, 0) is 42.0 Å². The molecular weight excluding hydrogens is 423 g/mol. The molecule has 0 amide bonds. The van der Waals surface area contributed by atoms with Gasteiger partial charge in [0.2, 0.25) is 4.77 Å². The fourth-order valence-corrected chi connectivity index (χ4v) is 2.94. The Bertz CT molecular complexity index is 943. The van der Waals surface area contributed by atoms with Crippen LogP contribution >= 0.6 is 28.1 Å². The van der Waals surface area contributed by atoms with E-state index in [1.165, 1.54) is 12.1 Å². The number of nitrogens with one attached hydrogen (secondary N) is 2. The van der Waals surface area contributed by atoms with Crippen molar-refractivity contribution < 1.29 is 13.9 Å². The first kappa shape index (κ1) is 18.4. The SMILES string of the molecule is COc1ccc(Br)c(CNn2cn[nH]c2=S)c1OCc1ccc(F)cc1. The molecule has 0 saturated carbocycles. The van der Waals surface area contributed by atoms with Crippen molar-refractivity contribution in [2.45, 2.75) is 13.2 Å². The lowest BCUT2D eigenvalue weighted by Gasteiger charge is -2.17. The summed E-state index contributed by atoms with van der Waals surface area (Å²) in [5.41, 5.74) is 4.86. The Labute approximate surface area is 163 Å². The quantitative estimate of drug-likeness (QED) is 0.541. The molecule has 0 spiro atoms. The summed E-state index contributed by atoms with van der Waals surface area (Å²) in [6, 6.07) is 9.87. The van der Waals surface area contributed by atoms with Gasteiger partial charge in [0.25, 0.3) is 0 Å². The fourth-order valence-electron chi connectivity index (χ4n) is 2.33. The predicted molar refractivity (Wildman–Crippen MR) is 102 cm³/mol. The fraction of sp³-hybridized carbons (Fsp3) is 0.176. The Morgan fingerprint density at radius 3 is 2.69 bits per heavy atom. The van der Waals surface area contributed by atoms with Crippen LogP contribution in [0.25, 0.3) is 0 Å². The second-order valence-corrected chi connectivity index (χ2v) is 6.58. The summed E-state index contributed by atoms with van der Waals surface area (Å²) in [7, 11) is 1.58. The highest BCUT2D eigenvalue weighted by molar-refractivity contribution is 9.10. The van der Waals surface area contributed by atoms with Crippen LogP contribution in [0.5, 0.6) is 11.5 Å². The van der Waals surface area contributed by atoms with Crippen molar-refractivity contribution in [3.63, 3.8) is 0 Å². The maximum Gasteiger partial charge on any atom is 0.214 e. The summed E-state index contributed by atoms with van der Waals surface area (Å²) in [6.07, 6.45) is 1.55. The maximum absolute atomic E-state index is 13.1. The average molecular weight is 439 g/mol. The first-order valence-corrected chi connectivity index (χ1v) is 8.87. The number of methoxy groups -OCH3 is 1. The van der Waals surface area contributed by atoms with Crippen molar-refractivity contribution in [1.82, 2.24) is 14.9 Å². The van der Waals surface area contributed by atoms with Crippen LogP contribution in [0.2, 0.25) is 0 Å². The summed E-state index contributed by atoms with van der Waals surface area (Å²) in [6.45, 7) is 0.704. The zero-order valence-corrected chi connectivity index (χ0v) is 16.2. The smallest absolute Gasteiger partial charge is 0.214 e. The van der Waals surface area contributed by atoms with Crippen LogP contribution in [0.1, 0.15) is 11.1 Å². The van der Waals surface area contributed by atoms with E-state index in [9.17, 15) is 4.39 Å². The molecule has 0 radical (unpaired) electrons. The van der Waals surface area contributed by atoms with Crippen LogP contribution in [0.3, 0.4) is 0 Å². The van der Waals surface area contributed by atoms with Crippen LogP contribution in [0, 0.1) is 10.6 Å². The van der Waals surface area contributed by atoms with Gasteiger partial charge in [-0.15, -0.1) is 0 Å². The molecule has 6 nitrogen and oxygen atoms in total. The normalized spacial score (nSPS) is 10.6. The third-order valence-electron chi connectivity index (χ3n) is 3.66. The van der Waals surface area contributed by atoms with Gasteiger partial charge in [0.1, 0.15) is 18.8 Å². The molecule has 26 heavy (non-hydrogen) atoms. The van der Waals surface area contributed by atoms with E-state index in [4.69, 9.17) is 21.7 Å². The molecule has 0 aliphatic heterocycles. The topological polar surface area (TPSA) is 64.1 Å². The van der Waals surface area contributed by atoms with Crippen LogP contribution in [0.15, 0.2) is 47.2 Å². The lowest BCUT2D eigenvalue weighted by Crippen LogP contribution is -2.15. The molecule has 3 rings (SSSR count). The summed E-state index contributed by atoms with van der Waals surface area (Å²) >= 11 is 8.67. The maximum atomic E-state index is 13.1. The first-order valence-electron chi connectivity index (χ1n) is 7.67.